The van der Waals surface area contributed by atoms with Gasteiger partial charge in [0.2, 0.25) is 5.91 Å². The molecule has 0 aromatic rings. The molecule has 6 heteroatoms. The molecule has 0 heterocycles. The fourth-order valence-corrected chi connectivity index (χ4v) is 6.55. The Hall–Kier alpha value is -2.18. The molecule has 0 aliphatic rings. The van der Waals surface area contributed by atoms with E-state index in [4.69, 9.17) is 4.74 Å². The van der Waals surface area contributed by atoms with E-state index in [9.17, 15) is 19.8 Å². The standard InChI is InChI=1S/C47H85NO5/c1-4-7-10-13-16-19-21-23-25-27-30-33-36-39-45(50)44(42-49)48-46(51)41-43(38-35-32-29-18-15-12-9-6-3)53-47(52)40-37-34-31-28-26-24-22-20-17-14-11-8-5-2/h8,11-12,14-15,17,20,22,43-45,49-50H,4-7,9-10,13,16,18-19,21,23-42H2,1-3H3,(H,48,51)/b11-8+,15-12-,17-14+,22-20-. The highest BCUT2D eigenvalue weighted by Gasteiger charge is 2.24. The maximum atomic E-state index is 13.1. The van der Waals surface area contributed by atoms with Crippen molar-refractivity contribution in [3.8, 4) is 0 Å². The van der Waals surface area contributed by atoms with Gasteiger partial charge in [-0.3, -0.25) is 9.59 Å². The summed E-state index contributed by atoms with van der Waals surface area (Å²) in [5, 5.41) is 23.6. The number of amides is 1. The van der Waals surface area contributed by atoms with Gasteiger partial charge in [0.05, 0.1) is 25.2 Å². The molecule has 3 unspecified atom stereocenters. The maximum Gasteiger partial charge on any atom is 0.306 e. The van der Waals surface area contributed by atoms with Crippen molar-refractivity contribution in [1.82, 2.24) is 5.32 Å². The third-order valence-electron chi connectivity index (χ3n) is 9.93. The molecular weight excluding hydrogens is 659 g/mol. The average molecular weight is 744 g/mol. The van der Waals surface area contributed by atoms with E-state index < -0.39 is 18.2 Å². The van der Waals surface area contributed by atoms with E-state index in [1.807, 2.05) is 0 Å². The predicted molar refractivity (Wildman–Crippen MR) is 227 cm³/mol. The third-order valence-corrected chi connectivity index (χ3v) is 9.93. The first kappa shape index (κ1) is 50.8. The average Bonchev–Trinajstić information content (AvgIpc) is 3.15. The fraction of sp³-hybridized carbons (Fsp3) is 0.787. The van der Waals surface area contributed by atoms with Crippen LogP contribution in [0.25, 0.3) is 0 Å². The minimum Gasteiger partial charge on any atom is -0.462 e. The van der Waals surface area contributed by atoms with Crippen molar-refractivity contribution < 1.29 is 24.5 Å². The van der Waals surface area contributed by atoms with Crippen molar-refractivity contribution in [3.05, 3.63) is 48.6 Å². The van der Waals surface area contributed by atoms with Crippen molar-refractivity contribution in [1.29, 1.82) is 0 Å². The second-order valence-corrected chi connectivity index (χ2v) is 15.1. The summed E-state index contributed by atoms with van der Waals surface area (Å²) < 4.78 is 5.86. The molecule has 0 saturated heterocycles. The Bertz CT molecular complexity index is 926. The normalized spacial score (nSPS) is 13.8. The number of carbonyl (C=O) groups excluding carboxylic acids is 2. The summed E-state index contributed by atoms with van der Waals surface area (Å²) in [6.45, 7) is 6.25. The lowest BCUT2D eigenvalue weighted by molar-refractivity contribution is -0.151. The lowest BCUT2D eigenvalue weighted by Crippen LogP contribution is -2.46. The van der Waals surface area contributed by atoms with E-state index in [1.165, 1.54) is 64.2 Å². The molecule has 0 aliphatic heterocycles. The van der Waals surface area contributed by atoms with Crippen molar-refractivity contribution >= 4 is 11.9 Å². The molecule has 0 aromatic heterocycles. The van der Waals surface area contributed by atoms with Crippen LogP contribution in [-0.4, -0.2) is 46.9 Å². The Morgan fingerprint density at radius 3 is 1.68 bits per heavy atom. The molecule has 0 bridgehead atoms. The summed E-state index contributed by atoms with van der Waals surface area (Å²) in [6, 6.07) is -0.707. The summed E-state index contributed by atoms with van der Waals surface area (Å²) in [7, 11) is 0. The minimum atomic E-state index is -0.792. The van der Waals surface area contributed by atoms with Gasteiger partial charge in [0.25, 0.3) is 0 Å². The number of rotatable bonds is 39. The van der Waals surface area contributed by atoms with E-state index >= 15 is 0 Å². The van der Waals surface area contributed by atoms with Crippen LogP contribution in [-0.2, 0) is 14.3 Å². The number of hydrogen-bond acceptors (Lipinski definition) is 5. The lowest BCUT2D eigenvalue weighted by Gasteiger charge is -2.24. The first-order valence-electron chi connectivity index (χ1n) is 22.4. The second kappa shape index (κ2) is 41.0. The zero-order valence-corrected chi connectivity index (χ0v) is 34.9. The minimum absolute atomic E-state index is 0.0572. The van der Waals surface area contributed by atoms with Gasteiger partial charge in [0, 0.05) is 6.42 Å². The number of unbranched alkanes of at least 4 members (excludes halogenated alkanes) is 21. The van der Waals surface area contributed by atoms with Gasteiger partial charge >= 0.3 is 5.97 Å². The number of ether oxygens (including phenoxy) is 1. The third kappa shape index (κ3) is 36.6. The quantitative estimate of drug-likeness (QED) is 0.0252. The van der Waals surface area contributed by atoms with Crippen LogP contribution in [0.2, 0.25) is 0 Å². The number of allylic oxidation sites excluding steroid dienone is 8. The Morgan fingerprint density at radius 2 is 1.08 bits per heavy atom. The van der Waals surface area contributed by atoms with Gasteiger partial charge in [0.15, 0.2) is 0 Å². The molecule has 0 saturated carbocycles. The molecule has 3 atom stereocenters. The molecule has 6 nitrogen and oxygen atoms in total. The van der Waals surface area contributed by atoms with Crippen LogP contribution in [0.4, 0.5) is 0 Å². The van der Waals surface area contributed by atoms with Crippen molar-refractivity contribution in [2.24, 2.45) is 0 Å². The molecule has 308 valence electrons. The molecule has 0 aliphatic carbocycles. The van der Waals surface area contributed by atoms with Gasteiger partial charge in [-0.25, -0.2) is 0 Å². The molecule has 0 aromatic carbocycles. The Kier molecular flexibility index (Phi) is 39.3. The van der Waals surface area contributed by atoms with Crippen LogP contribution in [0, 0.1) is 0 Å². The van der Waals surface area contributed by atoms with Crippen LogP contribution >= 0.6 is 0 Å². The molecule has 0 fully saturated rings. The molecule has 53 heavy (non-hydrogen) atoms. The Labute approximate surface area is 327 Å². The zero-order chi connectivity index (χ0) is 38.9. The largest absolute Gasteiger partial charge is 0.462 e. The molecule has 0 rings (SSSR count). The summed E-state index contributed by atoms with van der Waals surface area (Å²) in [5.41, 5.74) is 0. The highest BCUT2D eigenvalue weighted by molar-refractivity contribution is 5.77. The Morgan fingerprint density at radius 1 is 0.566 bits per heavy atom. The van der Waals surface area contributed by atoms with Crippen LogP contribution in [0.3, 0.4) is 0 Å². The van der Waals surface area contributed by atoms with Crippen LogP contribution in [0.5, 0.6) is 0 Å². The van der Waals surface area contributed by atoms with E-state index in [-0.39, 0.29) is 24.9 Å². The van der Waals surface area contributed by atoms with Crippen molar-refractivity contribution in [3.63, 3.8) is 0 Å². The number of carbonyl (C=O) groups is 2. The zero-order valence-electron chi connectivity index (χ0n) is 34.9. The Balaban J connectivity index is 4.52. The van der Waals surface area contributed by atoms with Crippen LogP contribution < -0.4 is 5.32 Å². The maximum absolute atomic E-state index is 13.1. The number of nitrogens with one attached hydrogen (secondary N) is 1. The topological polar surface area (TPSA) is 95.9 Å². The van der Waals surface area contributed by atoms with Crippen molar-refractivity contribution in [2.75, 3.05) is 6.61 Å². The summed E-state index contributed by atoms with van der Waals surface area (Å²) in [5.74, 6) is -0.519. The fourth-order valence-electron chi connectivity index (χ4n) is 6.55. The van der Waals surface area contributed by atoms with Gasteiger partial charge < -0.3 is 20.3 Å². The molecule has 3 N–H and O–H groups in total. The SMILES string of the molecule is CC/C=C/C=C/C=C\CCCCCCCC(=O)OC(CCCCC/C=C\CCC)CC(=O)NC(CO)C(O)CCCCCCCCCCCCCCC. The second-order valence-electron chi connectivity index (χ2n) is 15.1. The van der Waals surface area contributed by atoms with Crippen LogP contribution in [0.15, 0.2) is 48.6 Å². The predicted octanol–water partition coefficient (Wildman–Crippen LogP) is 12.7. The molecule has 0 radical (unpaired) electrons. The highest BCUT2D eigenvalue weighted by atomic mass is 16.5. The molecule has 1 amide bonds. The number of hydrogen-bond donors (Lipinski definition) is 3. The summed E-state index contributed by atoms with van der Waals surface area (Å²) >= 11 is 0. The van der Waals surface area contributed by atoms with E-state index in [1.54, 1.807) is 0 Å². The highest BCUT2D eigenvalue weighted by Crippen LogP contribution is 2.17. The first-order chi connectivity index (χ1) is 26.0. The molecular formula is C47H85NO5. The van der Waals surface area contributed by atoms with Gasteiger partial charge in [-0.2, -0.15) is 0 Å². The number of esters is 1. The van der Waals surface area contributed by atoms with Crippen molar-refractivity contribution in [2.45, 2.75) is 232 Å². The van der Waals surface area contributed by atoms with Gasteiger partial charge in [-0.1, -0.05) is 185 Å². The van der Waals surface area contributed by atoms with Gasteiger partial charge in [0.1, 0.15) is 6.10 Å². The monoisotopic (exact) mass is 744 g/mol. The van der Waals surface area contributed by atoms with Gasteiger partial charge in [-0.15, -0.1) is 0 Å². The number of aliphatic hydroxyl groups excluding tert-OH is 2. The summed E-state index contributed by atoms with van der Waals surface area (Å²) in [4.78, 5) is 25.9. The first-order valence-corrected chi connectivity index (χ1v) is 22.4. The van der Waals surface area contributed by atoms with Gasteiger partial charge in [-0.05, 0) is 64.2 Å². The molecule has 0 spiro atoms. The van der Waals surface area contributed by atoms with E-state index in [0.29, 0.717) is 19.3 Å². The van der Waals surface area contributed by atoms with Crippen LogP contribution in [0.1, 0.15) is 213 Å². The smallest absolute Gasteiger partial charge is 0.306 e. The van der Waals surface area contributed by atoms with E-state index in [0.717, 1.165) is 103 Å². The number of aliphatic hydroxyl groups is 2. The lowest BCUT2D eigenvalue weighted by atomic mass is 10.0. The van der Waals surface area contributed by atoms with E-state index in [2.05, 4.69) is 74.7 Å². The summed E-state index contributed by atoms with van der Waals surface area (Å²) in [6.07, 6.45) is 47.5.